The van der Waals surface area contributed by atoms with Gasteiger partial charge in [-0.15, -0.1) is 0 Å². The molecule has 0 aliphatic rings. The van der Waals surface area contributed by atoms with Crippen LogP contribution in [0.5, 0.6) is 0 Å². The van der Waals surface area contributed by atoms with Gasteiger partial charge < -0.3 is 16.0 Å². The van der Waals surface area contributed by atoms with Gasteiger partial charge >= 0.3 is 0 Å². The number of nitro groups is 1. The van der Waals surface area contributed by atoms with Crippen molar-refractivity contribution >= 4 is 81.0 Å². The van der Waals surface area contributed by atoms with Crippen molar-refractivity contribution < 1.29 is 9.72 Å². The van der Waals surface area contributed by atoms with Crippen molar-refractivity contribution in [1.29, 1.82) is 0 Å². The molecule has 2 aromatic carbocycles. The van der Waals surface area contributed by atoms with Crippen LogP contribution in [0.3, 0.4) is 0 Å². The molecule has 0 aliphatic heterocycles. The van der Waals surface area contributed by atoms with Crippen LogP contribution in [0.1, 0.15) is 10.4 Å². The number of thiocarbonyl (C=S) groups is 1. The number of hydrogen-bond acceptors (Lipinski definition) is 4. The topological polar surface area (TPSA) is 96.3 Å². The van der Waals surface area contributed by atoms with Crippen molar-refractivity contribution in [3.63, 3.8) is 0 Å². The normalized spacial score (nSPS) is 12.0. The summed E-state index contributed by atoms with van der Waals surface area (Å²) in [5.74, 6) is -0.515. The third kappa shape index (κ3) is 6.65. The van der Waals surface area contributed by atoms with Gasteiger partial charge in [-0.05, 0) is 48.6 Å². The maximum atomic E-state index is 12.4. The molecule has 12 heteroatoms. The average Bonchev–Trinajstić information content (AvgIpc) is 2.61. The number of nitrogens with zero attached hydrogens (tertiary/aromatic N) is 1. The Morgan fingerprint density at radius 2 is 1.61 bits per heavy atom. The molecule has 2 rings (SSSR count). The predicted octanol–water partition coefficient (Wildman–Crippen LogP) is 4.66. The quantitative estimate of drug-likeness (QED) is 0.189. The SMILES string of the molecule is O=C(NC(NC(=S)Nc1ccc([N+](=O)[O-])cc1)C(Cl)(Cl)Cl)c1ccc(Cl)cc1. The van der Waals surface area contributed by atoms with Crippen molar-refractivity contribution in [2.24, 2.45) is 0 Å². The number of carbonyl (C=O) groups is 1. The highest BCUT2D eigenvalue weighted by atomic mass is 35.6. The number of benzene rings is 2. The first-order chi connectivity index (χ1) is 13.1. The lowest BCUT2D eigenvalue weighted by Crippen LogP contribution is -2.56. The number of rotatable bonds is 5. The summed E-state index contributed by atoms with van der Waals surface area (Å²) < 4.78 is -1.93. The van der Waals surface area contributed by atoms with E-state index in [1.54, 1.807) is 12.1 Å². The molecule has 7 nitrogen and oxygen atoms in total. The summed E-state index contributed by atoms with van der Waals surface area (Å²) in [6, 6.07) is 11.7. The van der Waals surface area contributed by atoms with Gasteiger partial charge in [0.2, 0.25) is 3.79 Å². The molecule has 148 valence electrons. The van der Waals surface area contributed by atoms with Crippen molar-refractivity contribution in [1.82, 2.24) is 10.6 Å². The zero-order chi connectivity index (χ0) is 20.9. The maximum Gasteiger partial charge on any atom is 0.269 e. The second-order valence-electron chi connectivity index (χ2n) is 5.36. The smallest absolute Gasteiger partial charge is 0.269 e. The molecular weight excluding hydrogens is 470 g/mol. The Kier molecular flexibility index (Phi) is 7.68. The number of hydrogen-bond donors (Lipinski definition) is 3. The minimum atomic E-state index is -1.93. The van der Waals surface area contributed by atoms with Gasteiger partial charge in [-0.2, -0.15) is 0 Å². The Morgan fingerprint density at radius 3 is 2.11 bits per heavy atom. The lowest BCUT2D eigenvalue weighted by Gasteiger charge is -2.27. The van der Waals surface area contributed by atoms with Crippen LogP contribution in [0, 0.1) is 10.1 Å². The first-order valence-corrected chi connectivity index (χ1v) is 9.43. The lowest BCUT2D eigenvalue weighted by atomic mass is 10.2. The van der Waals surface area contributed by atoms with Gasteiger partial charge in [-0.1, -0.05) is 46.4 Å². The fourth-order valence-electron chi connectivity index (χ4n) is 1.98. The summed E-state index contributed by atoms with van der Waals surface area (Å²) in [4.78, 5) is 22.5. The summed E-state index contributed by atoms with van der Waals surface area (Å²) in [6.45, 7) is 0. The van der Waals surface area contributed by atoms with E-state index in [4.69, 9.17) is 58.6 Å². The van der Waals surface area contributed by atoms with E-state index in [1.807, 2.05) is 0 Å². The minimum absolute atomic E-state index is 0.0292. The molecule has 0 bridgehead atoms. The summed E-state index contributed by atoms with van der Waals surface area (Å²) in [5, 5.41) is 19.2. The minimum Gasteiger partial charge on any atom is -0.339 e. The zero-order valence-electron chi connectivity index (χ0n) is 13.8. The summed E-state index contributed by atoms with van der Waals surface area (Å²) in [5.41, 5.74) is 0.703. The fourth-order valence-corrected chi connectivity index (χ4v) is 2.67. The fraction of sp³-hybridized carbons (Fsp3) is 0.125. The van der Waals surface area contributed by atoms with Gasteiger partial charge in [0.1, 0.15) is 6.17 Å². The molecule has 0 fully saturated rings. The van der Waals surface area contributed by atoms with E-state index in [1.165, 1.54) is 36.4 Å². The van der Waals surface area contributed by atoms with E-state index in [0.29, 0.717) is 16.3 Å². The van der Waals surface area contributed by atoms with Crippen LogP contribution in [0.4, 0.5) is 11.4 Å². The monoisotopic (exact) mass is 480 g/mol. The zero-order valence-corrected chi connectivity index (χ0v) is 17.6. The second kappa shape index (κ2) is 9.58. The highest BCUT2D eigenvalue weighted by molar-refractivity contribution is 7.80. The molecule has 0 heterocycles. The van der Waals surface area contributed by atoms with E-state index >= 15 is 0 Å². The Balaban J connectivity index is 2.04. The van der Waals surface area contributed by atoms with E-state index in [2.05, 4.69) is 16.0 Å². The first-order valence-electron chi connectivity index (χ1n) is 7.51. The molecule has 3 N–H and O–H groups in total. The third-order valence-electron chi connectivity index (χ3n) is 3.32. The molecule has 1 amide bonds. The highest BCUT2D eigenvalue weighted by Gasteiger charge is 2.34. The largest absolute Gasteiger partial charge is 0.339 e. The highest BCUT2D eigenvalue weighted by Crippen LogP contribution is 2.29. The van der Waals surface area contributed by atoms with Crippen LogP contribution in [-0.4, -0.2) is 25.9 Å². The van der Waals surface area contributed by atoms with Crippen LogP contribution >= 0.6 is 58.6 Å². The lowest BCUT2D eigenvalue weighted by molar-refractivity contribution is -0.384. The van der Waals surface area contributed by atoms with Crippen LogP contribution < -0.4 is 16.0 Å². The van der Waals surface area contributed by atoms with Gasteiger partial charge in [-0.25, -0.2) is 0 Å². The van der Waals surface area contributed by atoms with Gasteiger partial charge in [0.25, 0.3) is 11.6 Å². The Labute approximate surface area is 185 Å². The number of anilines is 1. The summed E-state index contributed by atoms with van der Waals surface area (Å²) >= 11 is 28.7. The molecule has 1 atom stereocenters. The number of alkyl halides is 3. The van der Waals surface area contributed by atoms with Crippen LogP contribution in [0.25, 0.3) is 0 Å². The number of nitrogens with one attached hydrogen (secondary N) is 3. The summed E-state index contributed by atoms with van der Waals surface area (Å²) in [6.07, 6.45) is -1.17. The predicted molar refractivity (Wildman–Crippen MR) is 115 cm³/mol. The molecule has 0 aromatic heterocycles. The molecule has 0 spiro atoms. The molecule has 0 saturated heterocycles. The first kappa shape index (κ1) is 22.4. The van der Waals surface area contributed by atoms with Crippen molar-refractivity contribution in [2.75, 3.05) is 5.32 Å². The van der Waals surface area contributed by atoms with E-state index in [0.717, 1.165) is 0 Å². The molecule has 1 unspecified atom stereocenters. The second-order valence-corrected chi connectivity index (χ2v) is 8.57. The van der Waals surface area contributed by atoms with Gasteiger partial charge in [0.15, 0.2) is 5.11 Å². The van der Waals surface area contributed by atoms with E-state index < -0.39 is 20.8 Å². The molecule has 0 radical (unpaired) electrons. The summed E-state index contributed by atoms with van der Waals surface area (Å²) in [7, 11) is 0. The van der Waals surface area contributed by atoms with Crippen molar-refractivity contribution in [3.05, 3.63) is 69.2 Å². The van der Waals surface area contributed by atoms with Crippen molar-refractivity contribution in [3.8, 4) is 0 Å². The number of halogens is 4. The molecular formula is C16H12Cl4N4O3S. The molecule has 0 aliphatic carbocycles. The molecule has 2 aromatic rings. The number of carbonyl (C=O) groups excluding carboxylic acids is 1. The number of non-ortho nitro benzene ring substituents is 1. The molecule has 28 heavy (non-hydrogen) atoms. The maximum absolute atomic E-state index is 12.4. The van der Waals surface area contributed by atoms with Crippen molar-refractivity contribution in [2.45, 2.75) is 9.96 Å². The number of nitro benzene ring substituents is 1. The Bertz CT molecular complexity index is 873. The standard InChI is InChI=1S/C16H12Cl4N4O3S/c17-10-3-1-9(2-4-10)13(25)22-14(16(18,19)20)23-15(28)21-11-5-7-12(8-6-11)24(26)27/h1-8,14H,(H,22,25)(H2,21,23,28). The number of amides is 1. The van der Waals surface area contributed by atoms with Crippen LogP contribution in [-0.2, 0) is 0 Å². The van der Waals surface area contributed by atoms with Gasteiger partial charge in [0, 0.05) is 28.4 Å². The van der Waals surface area contributed by atoms with E-state index in [9.17, 15) is 14.9 Å². The van der Waals surface area contributed by atoms with E-state index in [-0.39, 0.29) is 10.8 Å². The average molecular weight is 482 g/mol. The van der Waals surface area contributed by atoms with Gasteiger partial charge in [0.05, 0.1) is 4.92 Å². The molecule has 0 saturated carbocycles. The Morgan fingerprint density at radius 1 is 1.04 bits per heavy atom. The van der Waals surface area contributed by atoms with Gasteiger partial charge in [-0.3, -0.25) is 14.9 Å². The third-order valence-corrected chi connectivity index (χ3v) is 4.45. The van der Waals surface area contributed by atoms with Crippen LogP contribution in [0.15, 0.2) is 48.5 Å². The van der Waals surface area contributed by atoms with Crippen LogP contribution in [0.2, 0.25) is 5.02 Å². The Hall–Kier alpha value is -1.84.